The Morgan fingerprint density at radius 3 is 2.25 bits per heavy atom. The number of rotatable bonds is 5. The van der Waals surface area contributed by atoms with E-state index in [1.165, 1.54) is 39.5 Å². The van der Waals surface area contributed by atoms with Gasteiger partial charge in [-0.25, -0.2) is 0 Å². The highest BCUT2D eigenvalue weighted by Crippen LogP contribution is 2.60. The fourth-order valence-electron chi connectivity index (χ4n) is 6.21. The number of carbonyl (C=O) groups excluding carboxylic acids is 1. The van der Waals surface area contributed by atoms with E-state index in [0.717, 1.165) is 37.0 Å². The average molecular weight is 428 g/mol. The molecule has 0 radical (unpaired) electrons. The smallest absolute Gasteiger partial charge is 0.250 e. The Labute approximate surface area is 171 Å². The van der Waals surface area contributed by atoms with Crippen LogP contribution in [0.3, 0.4) is 0 Å². The lowest BCUT2D eigenvalue weighted by molar-refractivity contribution is -0.117. The van der Waals surface area contributed by atoms with Crippen LogP contribution in [0.5, 0.6) is 0 Å². The summed E-state index contributed by atoms with van der Waals surface area (Å²) in [4.78, 5) is 12.0. The van der Waals surface area contributed by atoms with Gasteiger partial charge in [0.25, 0.3) is 0 Å². The zero-order valence-corrected chi connectivity index (χ0v) is 17.7. The summed E-state index contributed by atoms with van der Waals surface area (Å²) in [5.74, 6) is 2.00. The highest BCUT2D eigenvalue weighted by molar-refractivity contribution is 7.73. The van der Waals surface area contributed by atoms with E-state index in [0.29, 0.717) is 6.61 Å². The van der Waals surface area contributed by atoms with Gasteiger partial charge in [0.15, 0.2) is 5.76 Å². The molecule has 4 fully saturated rings. The molecule has 0 aromatic rings. The minimum atomic E-state index is -2.63. The van der Waals surface area contributed by atoms with Gasteiger partial charge >= 0.3 is 0 Å². The summed E-state index contributed by atoms with van der Waals surface area (Å²) in [5.41, 5.74) is 0.262. The normalized spacial score (nSPS) is 36.4. The van der Waals surface area contributed by atoms with Gasteiger partial charge in [-0.2, -0.15) is 8.42 Å². The van der Waals surface area contributed by atoms with E-state index in [2.05, 4.69) is 5.32 Å². The summed E-state index contributed by atoms with van der Waals surface area (Å²) < 4.78 is 35.5. The van der Waals surface area contributed by atoms with Crippen molar-refractivity contribution in [2.75, 3.05) is 20.8 Å². The Kier molecular flexibility index (Phi) is 5.35. The molecule has 0 aromatic heterocycles. The van der Waals surface area contributed by atoms with Crippen molar-refractivity contribution in [3.8, 4) is 0 Å². The molecular weight excluding hydrogens is 402 g/mol. The molecule has 8 heteroatoms. The van der Waals surface area contributed by atoms with Crippen LogP contribution in [0.2, 0.25) is 0 Å². The van der Waals surface area contributed by atoms with Crippen LogP contribution in [0.15, 0.2) is 22.4 Å². The molecule has 5 aliphatic rings. The minimum absolute atomic E-state index is 0.113. The van der Waals surface area contributed by atoms with Crippen molar-refractivity contribution in [3.63, 3.8) is 0 Å². The molecule has 1 amide bonds. The zero-order chi connectivity index (χ0) is 20.1. The van der Waals surface area contributed by atoms with Crippen molar-refractivity contribution in [2.24, 2.45) is 23.2 Å². The van der Waals surface area contributed by atoms with Crippen molar-refractivity contribution in [1.29, 1.82) is 0 Å². The van der Waals surface area contributed by atoms with Gasteiger partial charge in [0.1, 0.15) is 11.0 Å². The first-order chi connectivity index (χ1) is 13.4. The molecule has 28 heavy (non-hydrogen) atoms. The molecule has 1 unspecified atom stereocenters. The third kappa shape index (κ3) is 3.42. The van der Waals surface area contributed by atoms with Gasteiger partial charge in [-0.05, 0) is 62.4 Å². The monoisotopic (exact) mass is 427 g/mol. The molecule has 154 valence electrons. The summed E-state index contributed by atoms with van der Waals surface area (Å²) in [6, 6.07) is 0. The van der Waals surface area contributed by atoms with Crippen molar-refractivity contribution in [3.05, 3.63) is 22.4 Å². The molecule has 1 atom stereocenters. The highest BCUT2D eigenvalue weighted by Gasteiger charge is 2.51. The Balaban J connectivity index is 1.63. The van der Waals surface area contributed by atoms with E-state index in [-0.39, 0.29) is 26.6 Å². The van der Waals surface area contributed by atoms with Crippen LogP contribution in [0.25, 0.3) is 0 Å². The maximum absolute atomic E-state index is 12.1. The average Bonchev–Trinajstić information content (AvgIpc) is 2.64. The predicted octanol–water partition coefficient (Wildman–Crippen LogP) is 2.42. The van der Waals surface area contributed by atoms with E-state index in [9.17, 15) is 13.2 Å². The summed E-state index contributed by atoms with van der Waals surface area (Å²) in [6.07, 6.45) is 7.83. The lowest BCUT2D eigenvalue weighted by atomic mass is 9.50. The van der Waals surface area contributed by atoms with Gasteiger partial charge in [-0.3, -0.25) is 4.79 Å². The van der Waals surface area contributed by atoms with Gasteiger partial charge in [0.2, 0.25) is 16.2 Å². The first-order valence-corrected chi connectivity index (χ1v) is 11.3. The van der Waals surface area contributed by atoms with E-state index < -0.39 is 22.3 Å². The molecule has 0 saturated heterocycles. The van der Waals surface area contributed by atoms with Crippen LogP contribution in [-0.4, -0.2) is 46.1 Å². The van der Waals surface area contributed by atoms with Crippen LogP contribution in [0.4, 0.5) is 0 Å². The molecule has 0 heterocycles. The minimum Gasteiger partial charge on any atom is -0.490 e. The number of carbonyl (C=O) groups is 1. The van der Waals surface area contributed by atoms with Gasteiger partial charge in [0, 0.05) is 19.6 Å². The molecule has 5 aliphatic carbocycles. The summed E-state index contributed by atoms with van der Waals surface area (Å²) in [6.45, 7) is 0.461. The first kappa shape index (κ1) is 20.0. The predicted molar refractivity (Wildman–Crippen MR) is 106 cm³/mol. The summed E-state index contributed by atoms with van der Waals surface area (Å²) in [7, 11) is 0.206. The number of likely N-dealkylation sites (N-methyl/N-ethyl adjacent to an activating group) is 1. The van der Waals surface area contributed by atoms with Gasteiger partial charge in [-0.15, -0.1) is 0 Å². The maximum atomic E-state index is 12.1. The topological polar surface area (TPSA) is 81.7 Å². The molecule has 6 nitrogen and oxygen atoms in total. The van der Waals surface area contributed by atoms with Crippen LogP contribution < -0.4 is 5.32 Å². The Morgan fingerprint density at radius 2 is 1.79 bits per heavy atom. The molecule has 0 spiro atoms. The second-order valence-corrected chi connectivity index (χ2v) is 10.1. The zero-order valence-electron chi connectivity index (χ0n) is 16.2. The molecule has 5 rings (SSSR count). The quantitative estimate of drug-likeness (QED) is 0.681. The van der Waals surface area contributed by atoms with Gasteiger partial charge in [0.05, 0.1) is 17.2 Å². The fraction of sp³-hybridized carbons (Fsp3) is 0.700. The van der Waals surface area contributed by atoms with Gasteiger partial charge < -0.3 is 14.8 Å². The molecule has 0 aromatic carbocycles. The highest BCUT2D eigenvalue weighted by atomic mass is 35.5. The van der Waals surface area contributed by atoms with Crippen molar-refractivity contribution in [2.45, 2.75) is 44.6 Å². The van der Waals surface area contributed by atoms with Crippen LogP contribution in [-0.2, 0) is 24.6 Å². The third-order valence-electron chi connectivity index (χ3n) is 6.84. The lowest BCUT2D eigenvalue weighted by Gasteiger charge is -2.56. The number of allylic oxidation sites excluding steroid dienone is 2. The molecule has 1 N–H and O–H groups in total. The third-order valence-corrected chi connectivity index (χ3v) is 7.88. The molecule has 0 aliphatic heterocycles. The van der Waals surface area contributed by atoms with E-state index in [1.807, 2.05) is 0 Å². The number of amides is 1. The van der Waals surface area contributed by atoms with Gasteiger partial charge in [-0.1, -0.05) is 11.6 Å². The van der Waals surface area contributed by atoms with Crippen LogP contribution in [0.1, 0.15) is 38.5 Å². The number of nitrogens with one attached hydrogen (secondary N) is 1. The van der Waals surface area contributed by atoms with Crippen LogP contribution in [0, 0.1) is 23.2 Å². The number of hydrogen-bond donors (Lipinski definition) is 1. The summed E-state index contributed by atoms with van der Waals surface area (Å²) in [5, 5.41) is 2.61. The Bertz CT molecular complexity index is 845. The van der Waals surface area contributed by atoms with Crippen LogP contribution >= 0.6 is 11.6 Å². The standard InChI is InChI=1S/C20H26ClNO5S/c1-22-19(23)14-6-15(21)17(18(28(24)25)16(14)26-2)27-10-20-7-11-3-12(8-20)5-13(4-11)9-20/h6,11-13,16H,3-5,7-10H2,1-2H3,(H,22,23). The number of methoxy groups -OCH3 is 1. The Hall–Kier alpha value is -1.31. The lowest BCUT2D eigenvalue weighted by Crippen LogP contribution is -2.48. The molecule has 4 saturated carbocycles. The summed E-state index contributed by atoms with van der Waals surface area (Å²) >= 11 is 6.37. The molecule has 4 bridgehead atoms. The fourth-order valence-corrected chi connectivity index (χ4v) is 7.26. The number of hydrogen-bond acceptors (Lipinski definition) is 5. The van der Waals surface area contributed by atoms with Crippen molar-refractivity contribution >= 4 is 32.7 Å². The second kappa shape index (κ2) is 7.50. The van der Waals surface area contributed by atoms with E-state index in [4.69, 9.17) is 21.1 Å². The number of halogens is 1. The van der Waals surface area contributed by atoms with Crippen molar-refractivity contribution < 1.29 is 22.7 Å². The maximum Gasteiger partial charge on any atom is 0.250 e. The van der Waals surface area contributed by atoms with E-state index >= 15 is 0 Å². The SMILES string of the molecule is CNC(=O)C1=CC(Cl)=C(OCC23CC4CC(CC(C4)C2)C3)C(=S(=O)=O)C1OC. The van der Waals surface area contributed by atoms with E-state index in [1.54, 1.807) is 0 Å². The van der Waals surface area contributed by atoms with Crippen molar-refractivity contribution in [1.82, 2.24) is 5.32 Å². The largest absolute Gasteiger partial charge is 0.490 e. The second-order valence-electron chi connectivity index (χ2n) is 8.78. The number of ether oxygens (including phenoxy) is 2. The Morgan fingerprint density at radius 1 is 1.21 bits per heavy atom. The first-order valence-electron chi connectivity index (χ1n) is 9.81. The molecular formula is C20H26ClNO5S.